The van der Waals surface area contributed by atoms with Crippen molar-refractivity contribution in [1.29, 1.82) is 0 Å². The van der Waals surface area contributed by atoms with Crippen molar-refractivity contribution in [2.24, 2.45) is 5.41 Å². The highest BCUT2D eigenvalue weighted by Crippen LogP contribution is 2.38. The van der Waals surface area contributed by atoms with Gasteiger partial charge in [0.25, 0.3) is 5.91 Å². The zero-order valence-electron chi connectivity index (χ0n) is 15.8. The van der Waals surface area contributed by atoms with Gasteiger partial charge in [0.1, 0.15) is 0 Å². The Bertz CT molecular complexity index is 859. The summed E-state index contributed by atoms with van der Waals surface area (Å²) in [5, 5.41) is 2.99. The molecule has 2 aliphatic heterocycles. The highest BCUT2D eigenvalue weighted by molar-refractivity contribution is 5.97. The molecule has 0 radical (unpaired) electrons. The molecule has 140 valence electrons. The Kier molecular flexibility index (Phi) is 4.73. The molecule has 1 spiro atoms. The molecule has 2 fully saturated rings. The van der Waals surface area contributed by atoms with Crippen LogP contribution in [0.15, 0.2) is 48.5 Å². The number of hydrogen-bond donors (Lipinski definition) is 1. The molecule has 2 aromatic rings. The Hall–Kier alpha value is -2.62. The number of piperidine rings is 1. The molecule has 1 atom stereocenters. The molecule has 2 aromatic carbocycles. The van der Waals surface area contributed by atoms with Gasteiger partial charge in [-0.05, 0) is 49.8 Å². The molecule has 0 unspecified atom stereocenters. The maximum Gasteiger partial charge on any atom is 0.254 e. The van der Waals surface area contributed by atoms with Crippen LogP contribution in [0, 0.1) is 12.3 Å². The zero-order valence-corrected chi connectivity index (χ0v) is 15.8. The van der Waals surface area contributed by atoms with E-state index < -0.39 is 0 Å². The number of nitrogens with zero attached hydrogens (tertiary/aromatic N) is 1. The van der Waals surface area contributed by atoms with Gasteiger partial charge in [-0.2, -0.15) is 0 Å². The standard InChI is InChI=1S/C23H26N2O2/c1-17-7-9-18(10-8-17)15-19-5-2-3-6-20(19)21(26)25-14-12-23(16-25)11-4-13-24-22(23)27/h2-3,5-10H,4,11-16H2,1H3,(H,24,27)/t23-/m0/s1. The molecule has 1 N–H and O–H groups in total. The highest BCUT2D eigenvalue weighted by Gasteiger charge is 2.47. The van der Waals surface area contributed by atoms with Gasteiger partial charge in [0.05, 0.1) is 5.41 Å². The molecular formula is C23H26N2O2. The van der Waals surface area contributed by atoms with Crippen LogP contribution in [0.2, 0.25) is 0 Å². The molecule has 4 heteroatoms. The van der Waals surface area contributed by atoms with E-state index in [4.69, 9.17) is 0 Å². The Morgan fingerprint density at radius 2 is 1.89 bits per heavy atom. The second-order valence-electron chi connectivity index (χ2n) is 7.94. The molecule has 0 saturated carbocycles. The maximum atomic E-state index is 13.2. The predicted molar refractivity (Wildman–Crippen MR) is 106 cm³/mol. The molecule has 0 aromatic heterocycles. The van der Waals surface area contributed by atoms with Crippen LogP contribution in [0.5, 0.6) is 0 Å². The SMILES string of the molecule is Cc1ccc(Cc2ccccc2C(=O)N2CC[C@@]3(CCCNC3=O)C2)cc1. The molecule has 2 heterocycles. The minimum absolute atomic E-state index is 0.0490. The van der Waals surface area contributed by atoms with Crippen LogP contribution in [0.3, 0.4) is 0 Å². The first kappa shape index (κ1) is 17.8. The average Bonchev–Trinajstić information content (AvgIpc) is 3.11. The number of hydrogen-bond acceptors (Lipinski definition) is 2. The molecule has 0 aliphatic carbocycles. The van der Waals surface area contributed by atoms with Gasteiger partial charge in [-0.1, -0.05) is 48.0 Å². The van der Waals surface area contributed by atoms with Crippen LogP contribution >= 0.6 is 0 Å². The number of nitrogens with one attached hydrogen (secondary N) is 1. The molecule has 4 nitrogen and oxygen atoms in total. The number of benzene rings is 2. The number of aryl methyl sites for hydroxylation is 1. The van der Waals surface area contributed by atoms with E-state index in [1.165, 1.54) is 11.1 Å². The number of carbonyl (C=O) groups excluding carboxylic acids is 2. The average molecular weight is 362 g/mol. The van der Waals surface area contributed by atoms with Gasteiger partial charge in [-0.3, -0.25) is 9.59 Å². The minimum Gasteiger partial charge on any atom is -0.356 e. The van der Waals surface area contributed by atoms with E-state index in [0.717, 1.165) is 43.4 Å². The largest absolute Gasteiger partial charge is 0.356 e. The first-order valence-corrected chi connectivity index (χ1v) is 9.78. The second-order valence-corrected chi connectivity index (χ2v) is 7.94. The van der Waals surface area contributed by atoms with Crippen molar-refractivity contribution in [3.63, 3.8) is 0 Å². The lowest BCUT2D eigenvalue weighted by Crippen LogP contribution is -2.47. The Morgan fingerprint density at radius 1 is 1.11 bits per heavy atom. The van der Waals surface area contributed by atoms with Crippen molar-refractivity contribution < 1.29 is 9.59 Å². The van der Waals surface area contributed by atoms with E-state index >= 15 is 0 Å². The third kappa shape index (κ3) is 3.48. The van der Waals surface area contributed by atoms with Crippen molar-refractivity contribution in [3.05, 3.63) is 70.8 Å². The fraction of sp³-hybridized carbons (Fsp3) is 0.391. The van der Waals surface area contributed by atoms with Crippen molar-refractivity contribution in [3.8, 4) is 0 Å². The highest BCUT2D eigenvalue weighted by atomic mass is 16.2. The number of amides is 2. The van der Waals surface area contributed by atoms with Crippen LogP contribution < -0.4 is 5.32 Å². The number of likely N-dealkylation sites (tertiary alicyclic amines) is 1. The Morgan fingerprint density at radius 3 is 2.67 bits per heavy atom. The van der Waals surface area contributed by atoms with E-state index in [-0.39, 0.29) is 17.2 Å². The van der Waals surface area contributed by atoms with Crippen LogP contribution in [0.4, 0.5) is 0 Å². The molecule has 27 heavy (non-hydrogen) atoms. The summed E-state index contributed by atoms with van der Waals surface area (Å²) in [6.45, 7) is 4.03. The van der Waals surface area contributed by atoms with Crippen molar-refractivity contribution in [2.75, 3.05) is 19.6 Å². The third-order valence-electron chi connectivity index (χ3n) is 6.00. The van der Waals surface area contributed by atoms with E-state index in [1.54, 1.807) is 0 Å². The van der Waals surface area contributed by atoms with Crippen LogP contribution in [-0.4, -0.2) is 36.3 Å². The predicted octanol–water partition coefficient (Wildman–Crippen LogP) is 3.33. The van der Waals surface area contributed by atoms with Crippen LogP contribution in [-0.2, 0) is 11.2 Å². The second kappa shape index (κ2) is 7.18. The van der Waals surface area contributed by atoms with Gasteiger partial charge in [0.2, 0.25) is 5.91 Å². The molecule has 2 aliphatic rings. The smallest absolute Gasteiger partial charge is 0.254 e. The van der Waals surface area contributed by atoms with Gasteiger partial charge >= 0.3 is 0 Å². The van der Waals surface area contributed by atoms with E-state index in [9.17, 15) is 9.59 Å². The van der Waals surface area contributed by atoms with E-state index in [0.29, 0.717) is 13.1 Å². The first-order chi connectivity index (χ1) is 13.1. The third-order valence-corrected chi connectivity index (χ3v) is 6.00. The lowest BCUT2D eigenvalue weighted by atomic mass is 9.79. The summed E-state index contributed by atoms with van der Waals surface area (Å²) in [6.07, 6.45) is 3.39. The van der Waals surface area contributed by atoms with Gasteiger partial charge in [0.15, 0.2) is 0 Å². The summed E-state index contributed by atoms with van der Waals surface area (Å²) < 4.78 is 0. The van der Waals surface area contributed by atoms with E-state index in [2.05, 4.69) is 36.5 Å². The fourth-order valence-corrected chi connectivity index (χ4v) is 4.34. The Balaban J connectivity index is 1.54. The summed E-state index contributed by atoms with van der Waals surface area (Å²) in [7, 11) is 0. The molecule has 2 saturated heterocycles. The van der Waals surface area contributed by atoms with Crippen molar-refractivity contribution in [2.45, 2.75) is 32.6 Å². The topological polar surface area (TPSA) is 49.4 Å². The Labute approximate surface area is 160 Å². The monoisotopic (exact) mass is 362 g/mol. The first-order valence-electron chi connectivity index (χ1n) is 9.78. The summed E-state index contributed by atoms with van der Waals surface area (Å²) >= 11 is 0. The number of carbonyl (C=O) groups is 2. The van der Waals surface area contributed by atoms with Gasteiger partial charge < -0.3 is 10.2 Å². The summed E-state index contributed by atoms with van der Waals surface area (Å²) in [5.41, 5.74) is 3.85. The van der Waals surface area contributed by atoms with Crippen molar-refractivity contribution >= 4 is 11.8 Å². The van der Waals surface area contributed by atoms with Crippen LogP contribution in [0.25, 0.3) is 0 Å². The summed E-state index contributed by atoms with van der Waals surface area (Å²) in [5.74, 6) is 0.171. The quantitative estimate of drug-likeness (QED) is 0.910. The minimum atomic E-state index is -0.375. The zero-order chi connectivity index (χ0) is 18.9. The maximum absolute atomic E-state index is 13.2. The summed E-state index contributed by atoms with van der Waals surface area (Å²) in [4.78, 5) is 27.5. The normalized spacial score (nSPS) is 22.1. The molecule has 4 rings (SSSR count). The fourth-order valence-electron chi connectivity index (χ4n) is 4.34. The van der Waals surface area contributed by atoms with Crippen molar-refractivity contribution in [1.82, 2.24) is 10.2 Å². The lowest BCUT2D eigenvalue weighted by Gasteiger charge is -2.32. The van der Waals surface area contributed by atoms with Gasteiger partial charge in [-0.15, -0.1) is 0 Å². The van der Waals surface area contributed by atoms with Gasteiger partial charge in [-0.25, -0.2) is 0 Å². The number of rotatable bonds is 3. The van der Waals surface area contributed by atoms with Gasteiger partial charge in [0, 0.05) is 25.2 Å². The molecule has 2 amide bonds. The van der Waals surface area contributed by atoms with Crippen LogP contribution in [0.1, 0.15) is 46.3 Å². The van der Waals surface area contributed by atoms with E-state index in [1.807, 2.05) is 29.2 Å². The molecule has 0 bridgehead atoms. The summed E-state index contributed by atoms with van der Waals surface area (Å²) in [6, 6.07) is 16.3. The molecular weight excluding hydrogens is 336 g/mol. The lowest BCUT2D eigenvalue weighted by molar-refractivity contribution is -0.132.